The Balaban J connectivity index is 1.54. The Hall–Kier alpha value is -2.54. The van der Waals surface area contributed by atoms with E-state index in [1.54, 1.807) is 0 Å². The number of hydrogen-bond donors (Lipinski definition) is 1. The number of hydrogen-bond acceptors (Lipinski definition) is 4. The number of fused-ring (bicyclic) bond motifs is 1. The van der Waals surface area contributed by atoms with E-state index in [2.05, 4.69) is 15.3 Å². The number of nitrogens with zero attached hydrogens (tertiary/aromatic N) is 2. The normalized spacial score (nSPS) is 10.9. The molecule has 7 heteroatoms. The van der Waals surface area contributed by atoms with Crippen LogP contribution in [0.15, 0.2) is 47.5 Å². The fourth-order valence-corrected chi connectivity index (χ4v) is 3.28. The summed E-state index contributed by atoms with van der Waals surface area (Å²) in [6.45, 7) is 2.01. The zero-order valence-electron chi connectivity index (χ0n) is 14.1. The highest BCUT2D eigenvalue weighted by Gasteiger charge is 2.11. The Labute approximate surface area is 154 Å². The summed E-state index contributed by atoms with van der Waals surface area (Å²) in [7, 11) is 0. The number of para-hydroxylation sites is 2. The lowest BCUT2D eigenvalue weighted by Gasteiger charge is -2.08. The number of amides is 1. The van der Waals surface area contributed by atoms with E-state index in [-0.39, 0.29) is 30.2 Å². The third-order valence-corrected chi connectivity index (χ3v) is 4.87. The van der Waals surface area contributed by atoms with Crippen LogP contribution in [0.25, 0.3) is 11.0 Å². The molecule has 0 bridgehead atoms. The number of carbonyl (C=O) groups is 1. The molecule has 1 N–H and O–H groups in total. The van der Waals surface area contributed by atoms with Crippen molar-refractivity contribution in [3.8, 4) is 0 Å². The number of rotatable bonds is 6. The fourth-order valence-electron chi connectivity index (χ4n) is 2.49. The lowest BCUT2D eigenvalue weighted by atomic mass is 10.1. The Morgan fingerprint density at radius 2 is 1.69 bits per heavy atom. The summed E-state index contributed by atoms with van der Waals surface area (Å²) in [5.74, 6) is -1.26. The van der Waals surface area contributed by atoms with Crippen LogP contribution in [0, 0.1) is 18.6 Å². The van der Waals surface area contributed by atoms with Gasteiger partial charge in [0.25, 0.3) is 0 Å². The van der Waals surface area contributed by atoms with Crippen LogP contribution in [0.5, 0.6) is 0 Å². The van der Waals surface area contributed by atoms with E-state index < -0.39 is 11.6 Å². The number of thioether (sulfide) groups is 1. The molecule has 0 saturated heterocycles. The minimum atomic E-state index is -0.601. The second kappa shape index (κ2) is 8.23. The fraction of sp³-hybridized carbons (Fsp3) is 0.211. The highest BCUT2D eigenvalue weighted by molar-refractivity contribution is 7.99. The summed E-state index contributed by atoms with van der Waals surface area (Å²) >= 11 is 1.29. The van der Waals surface area contributed by atoms with Gasteiger partial charge in [0.2, 0.25) is 5.91 Å². The van der Waals surface area contributed by atoms with Gasteiger partial charge in [0.15, 0.2) is 0 Å². The second-order valence-electron chi connectivity index (χ2n) is 5.69. The van der Waals surface area contributed by atoms with E-state index in [4.69, 9.17) is 0 Å². The van der Waals surface area contributed by atoms with E-state index in [0.717, 1.165) is 16.7 Å². The second-order valence-corrected chi connectivity index (χ2v) is 6.66. The molecule has 0 fully saturated rings. The molecule has 134 valence electrons. The van der Waals surface area contributed by atoms with Crippen LogP contribution in [0.2, 0.25) is 0 Å². The molecule has 0 atom stereocenters. The first-order valence-corrected chi connectivity index (χ1v) is 9.09. The van der Waals surface area contributed by atoms with Crippen molar-refractivity contribution in [1.29, 1.82) is 0 Å². The number of halogens is 2. The lowest BCUT2D eigenvalue weighted by Crippen LogP contribution is -2.27. The van der Waals surface area contributed by atoms with Gasteiger partial charge in [-0.1, -0.05) is 30.0 Å². The first kappa shape index (κ1) is 18.3. The number of aromatic nitrogens is 2. The predicted molar refractivity (Wildman–Crippen MR) is 98.1 cm³/mol. The molecule has 0 aliphatic rings. The molecule has 0 spiro atoms. The molecule has 26 heavy (non-hydrogen) atoms. The minimum absolute atomic E-state index is 0.0170. The van der Waals surface area contributed by atoms with Crippen LogP contribution < -0.4 is 5.32 Å². The smallest absolute Gasteiger partial charge is 0.230 e. The number of carbonyl (C=O) groups excluding carboxylic acids is 1. The maximum atomic E-state index is 13.5. The molecule has 3 rings (SSSR count). The number of benzene rings is 2. The molecule has 3 aromatic rings. The molecule has 4 nitrogen and oxygen atoms in total. The van der Waals surface area contributed by atoms with E-state index in [1.165, 1.54) is 30.0 Å². The first-order valence-electron chi connectivity index (χ1n) is 8.10. The van der Waals surface area contributed by atoms with Crippen LogP contribution in [-0.4, -0.2) is 28.2 Å². The van der Waals surface area contributed by atoms with Crippen molar-refractivity contribution in [3.63, 3.8) is 0 Å². The maximum Gasteiger partial charge on any atom is 0.230 e. The van der Waals surface area contributed by atoms with Crippen molar-refractivity contribution in [2.45, 2.75) is 18.4 Å². The van der Waals surface area contributed by atoms with E-state index >= 15 is 0 Å². The third-order valence-electron chi connectivity index (χ3n) is 3.80. The largest absolute Gasteiger partial charge is 0.355 e. The Kier molecular flexibility index (Phi) is 5.78. The summed E-state index contributed by atoms with van der Waals surface area (Å²) < 4.78 is 27.1. The van der Waals surface area contributed by atoms with E-state index in [1.807, 2.05) is 31.2 Å². The zero-order valence-corrected chi connectivity index (χ0v) is 14.9. The van der Waals surface area contributed by atoms with Gasteiger partial charge in [-0.05, 0) is 37.6 Å². The van der Waals surface area contributed by atoms with Gasteiger partial charge in [-0.15, -0.1) is 0 Å². The quantitative estimate of drug-likeness (QED) is 0.670. The standard InChI is InChI=1S/C19H17F2N3OS/c1-12-19(24-17-8-3-2-7-16(17)23-12)26-11-18(25)22-10-9-13-14(20)5-4-6-15(13)21/h2-8H,9-11H2,1H3,(H,22,25). The molecule has 0 aliphatic carbocycles. The van der Waals surface area contributed by atoms with Gasteiger partial charge in [0.05, 0.1) is 22.5 Å². The minimum Gasteiger partial charge on any atom is -0.355 e. The highest BCUT2D eigenvalue weighted by atomic mass is 32.2. The van der Waals surface area contributed by atoms with Gasteiger partial charge in [0.1, 0.15) is 16.7 Å². The number of nitrogens with one attached hydrogen (secondary N) is 1. The molecule has 0 aliphatic heterocycles. The van der Waals surface area contributed by atoms with Gasteiger partial charge in [0, 0.05) is 12.1 Å². The Morgan fingerprint density at radius 1 is 1.04 bits per heavy atom. The topological polar surface area (TPSA) is 54.9 Å². The molecule has 1 heterocycles. The van der Waals surface area contributed by atoms with Crippen LogP contribution in [0.4, 0.5) is 8.78 Å². The van der Waals surface area contributed by atoms with Gasteiger partial charge >= 0.3 is 0 Å². The van der Waals surface area contributed by atoms with Gasteiger partial charge in [-0.25, -0.2) is 18.7 Å². The van der Waals surface area contributed by atoms with Crippen LogP contribution in [0.3, 0.4) is 0 Å². The van der Waals surface area contributed by atoms with Crippen molar-refractivity contribution in [2.24, 2.45) is 0 Å². The van der Waals surface area contributed by atoms with Gasteiger partial charge in [-0.3, -0.25) is 4.79 Å². The Bertz CT molecular complexity index is 929. The maximum absolute atomic E-state index is 13.5. The average molecular weight is 373 g/mol. The summed E-state index contributed by atoms with van der Waals surface area (Å²) in [6.07, 6.45) is 0.101. The van der Waals surface area contributed by atoms with Crippen molar-refractivity contribution < 1.29 is 13.6 Å². The molecule has 0 radical (unpaired) electrons. The van der Waals surface area contributed by atoms with Crippen LogP contribution >= 0.6 is 11.8 Å². The molecule has 1 amide bonds. The summed E-state index contributed by atoms with van der Waals surface area (Å²) in [4.78, 5) is 21.0. The van der Waals surface area contributed by atoms with Gasteiger partial charge in [-0.2, -0.15) is 0 Å². The van der Waals surface area contributed by atoms with Crippen molar-refractivity contribution in [3.05, 3.63) is 65.4 Å². The molecular formula is C19H17F2N3OS. The zero-order chi connectivity index (χ0) is 18.5. The van der Waals surface area contributed by atoms with Crippen LogP contribution in [0.1, 0.15) is 11.3 Å². The first-order chi connectivity index (χ1) is 12.5. The van der Waals surface area contributed by atoms with Crippen molar-refractivity contribution in [2.75, 3.05) is 12.3 Å². The molecule has 0 saturated carbocycles. The predicted octanol–water partition coefficient (Wildman–Crippen LogP) is 3.67. The van der Waals surface area contributed by atoms with E-state index in [0.29, 0.717) is 5.03 Å². The van der Waals surface area contributed by atoms with Crippen molar-refractivity contribution >= 4 is 28.7 Å². The monoisotopic (exact) mass is 373 g/mol. The van der Waals surface area contributed by atoms with Gasteiger partial charge < -0.3 is 5.32 Å². The van der Waals surface area contributed by atoms with E-state index in [9.17, 15) is 13.6 Å². The average Bonchev–Trinajstić information content (AvgIpc) is 2.62. The molecule has 2 aromatic carbocycles. The van der Waals surface area contributed by atoms with Crippen molar-refractivity contribution in [1.82, 2.24) is 15.3 Å². The SMILES string of the molecule is Cc1nc2ccccc2nc1SCC(=O)NCCc1c(F)cccc1F. The summed E-state index contributed by atoms with van der Waals surface area (Å²) in [5, 5.41) is 3.36. The molecular weight excluding hydrogens is 356 g/mol. The molecule has 0 unspecified atom stereocenters. The molecule has 1 aromatic heterocycles. The third kappa shape index (κ3) is 4.35. The lowest BCUT2D eigenvalue weighted by molar-refractivity contribution is -0.118. The summed E-state index contributed by atoms with van der Waals surface area (Å²) in [5.41, 5.74) is 2.33. The summed E-state index contributed by atoms with van der Waals surface area (Å²) in [6, 6.07) is 11.3. The highest BCUT2D eigenvalue weighted by Crippen LogP contribution is 2.21. The van der Waals surface area contributed by atoms with Crippen LogP contribution in [-0.2, 0) is 11.2 Å². The Morgan fingerprint density at radius 3 is 2.38 bits per heavy atom. The number of aryl methyl sites for hydroxylation is 1.